The van der Waals surface area contributed by atoms with Crippen molar-refractivity contribution in [1.29, 1.82) is 0 Å². The van der Waals surface area contributed by atoms with Crippen molar-refractivity contribution in [2.24, 2.45) is 5.92 Å². The quantitative estimate of drug-likeness (QED) is 0.300. The highest BCUT2D eigenvalue weighted by Crippen LogP contribution is 2.44. The van der Waals surface area contributed by atoms with E-state index in [1.165, 1.54) is 53.4 Å². The minimum atomic E-state index is -5.00. The number of alkyl halides is 5. The van der Waals surface area contributed by atoms with E-state index in [-0.39, 0.29) is 42.4 Å². The van der Waals surface area contributed by atoms with Gasteiger partial charge in [0.05, 0.1) is 23.1 Å². The van der Waals surface area contributed by atoms with Crippen molar-refractivity contribution < 1.29 is 41.4 Å². The van der Waals surface area contributed by atoms with E-state index >= 15 is 8.78 Å². The number of halogens is 5. The molecule has 2 aliphatic heterocycles. The van der Waals surface area contributed by atoms with Crippen LogP contribution in [0.15, 0.2) is 66.9 Å². The van der Waals surface area contributed by atoms with Gasteiger partial charge in [0.15, 0.2) is 5.69 Å². The maximum atomic E-state index is 15.6. The van der Waals surface area contributed by atoms with Crippen LogP contribution in [0, 0.1) is 5.92 Å². The van der Waals surface area contributed by atoms with E-state index < -0.39 is 59.7 Å². The molecule has 2 amide bonds. The topological polar surface area (TPSA) is 95.7 Å². The largest absolute Gasteiger partial charge is 0.481 e. The normalized spacial score (nSPS) is 18.3. The molecule has 0 aliphatic carbocycles. The van der Waals surface area contributed by atoms with Crippen molar-refractivity contribution in [1.82, 2.24) is 14.7 Å². The molecule has 3 heterocycles. The van der Waals surface area contributed by atoms with Crippen LogP contribution in [0.25, 0.3) is 11.3 Å². The zero-order valence-electron chi connectivity index (χ0n) is 22.7. The van der Waals surface area contributed by atoms with Gasteiger partial charge >= 0.3 is 12.1 Å². The molecule has 43 heavy (non-hydrogen) atoms. The first-order valence-corrected chi connectivity index (χ1v) is 13.6. The van der Waals surface area contributed by atoms with Crippen LogP contribution in [0.1, 0.15) is 47.3 Å². The number of hydrogen-bond donors (Lipinski definition) is 1. The van der Waals surface area contributed by atoms with Crippen LogP contribution < -0.4 is 4.90 Å². The number of carboxylic acid groups (broad SMARTS) is 1. The molecule has 1 saturated heterocycles. The van der Waals surface area contributed by atoms with Crippen molar-refractivity contribution in [3.05, 3.63) is 83.7 Å². The van der Waals surface area contributed by atoms with Gasteiger partial charge in [0.2, 0.25) is 5.91 Å². The summed E-state index contributed by atoms with van der Waals surface area (Å²) in [5, 5.41) is 12.8. The number of amides is 2. The fourth-order valence-corrected chi connectivity index (χ4v) is 5.54. The second-order valence-electron chi connectivity index (χ2n) is 10.5. The summed E-state index contributed by atoms with van der Waals surface area (Å²) in [4.78, 5) is 40.1. The first kappa shape index (κ1) is 29.9. The molecule has 0 saturated carbocycles. The molecule has 0 bridgehead atoms. The molecule has 1 aromatic heterocycles. The molecule has 0 spiro atoms. The molecule has 1 N–H and O–H groups in total. The van der Waals surface area contributed by atoms with Crippen molar-refractivity contribution in [3.8, 4) is 5.69 Å². The maximum absolute atomic E-state index is 15.6. The van der Waals surface area contributed by atoms with Crippen LogP contribution in [0.2, 0.25) is 0 Å². The molecule has 226 valence electrons. The summed E-state index contributed by atoms with van der Waals surface area (Å²) >= 11 is 0. The Hall–Kier alpha value is -4.55. The number of piperidine rings is 1. The number of para-hydroxylation sites is 2. The Labute approximate surface area is 243 Å². The molecule has 2 aliphatic rings. The van der Waals surface area contributed by atoms with Crippen LogP contribution in [0.5, 0.6) is 0 Å². The summed E-state index contributed by atoms with van der Waals surface area (Å²) in [5.74, 6) is -6.52. The second-order valence-corrected chi connectivity index (χ2v) is 10.5. The maximum Gasteiger partial charge on any atom is 0.434 e. The number of rotatable bonds is 5. The summed E-state index contributed by atoms with van der Waals surface area (Å²) in [6, 6.07) is 13.0. The minimum Gasteiger partial charge on any atom is -0.481 e. The van der Waals surface area contributed by atoms with Crippen LogP contribution in [-0.4, -0.2) is 63.1 Å². The molecule has 0 radical (unpaired) electrons. The van der Waals surface area contributed by atoms with E-state index in [4.69, 9.17) is 5.11 Å². The summed E-state index contributed by atoms with van der Waals surface area (Å²) in [7, 11) is 0. The standard InChI is InChI=1S/C30H27F5N4O4/c31-29(32)12-15-38(28(43)22-18-36-39(27(22)30(33,34)35)20-6-2-1-3-7-20)24-9-5-4-8-21(24)23(29)17-25(40)37-13-10-19(11-14-37)16-26(41)42/h1-9,17-19H,10-16H2,(H,41,42). The van der Waals surface area contributed by atoms with Crippen molar-refractivity contribution in [3.63, 3.8) is 0 Å². The van der Waals surface area contributed by atoms with Crippen molar-refractivity contribution in [2.75, 3.05) is 24.5 Å². The molecule has 0 unspecified atom stereocenters. The lowest BCUT2D eigenvalue weighted by Gasteiger charge is -2.31. The summed E-state index contributed by atoms with van der Waals surface area (Å²) in [5.41, 5.74) is -2.95. The fraction of sp³-hybridized carbons (Fsp3) is 0.333. The third-order valence-corrected chi connectivity index (χ3v) is 7.70. The monoisotopic (exact) mass is 602 g/mol. The highest BCUT2D eigenvalue weighted by molar-refractivity contribution is 6.09. The van der Waals surface area contributed by atoms with Gasteiger partial charge in [-0.1, -0.05) is 36.4 Å². The smallest absolute Gasteiger partial charge is 0.434 e. The highest BCUT2D eigenvalue weighted by Gasteiger charge is 2.45. The average Bonchev–Trinajstić information content (AvgIpc) is 3.39. The zero-order valence-corrected chi connectivity index (χ0v) is 22.7. The van der Waals surface area contributed by atoms with Crippen LogP contribution in [0.3, 0.4) is 0 Å². The number of carbonyl (C=O) groups excluding carboxylic acids is 2. The van der Waals surface area contributed by atoms with Crippen LogP contribution >= 0.6 is 0 Å². The van der Waals surface area contributed by atoms with Crippen LogP contribution in [-0.2, 0) is 15.8 Å². The fourth-order valence-electron chi connectivity index (χ4n) is 5.54. The number of aliphatic carboxylic acids is 1. The average molecular weight is 603 g/mol. The number of nitrogens with zero attached hydrogens (tertiary/aromatic N) is 4. The number of aromatic nitrogens is 2. The van der Waals surface area contributed by atoms with Gasteiger partial charge < -0.3 is 14.9 Å². The number of hydrogen-bond acceptors (Lipinski definition) is 4. The summed E-state index contributed by atoms with van der Waals surface area (Å²) in [6.07, 6.45) is -3.57. The lowest BCUT2D eigenvalue weighted by Crippen LogP contribution is -2.38. The van der Waals surface area contributed by atoms with E-state index in [2.05, 4.69) is 5.10 Å². The lowest BCUT2D eigenvalue weighted by atomic mass is 9.93. The number of benzene rings is 2. The Morgan fingerprint density at radius 1 is 0.977 bits per heavy atom. The predicted octanol–water partition coefficient (Wildman–Crippen LogP) is 5.67. The number of allylic oxidation sites excluding steroid dienone is 1. The Balaban J connectivity index is 1.50. The minimum absolute atomic E-state index is 0.0429. The lowest BCUT2D eigenvalue weighted by molar-refractivity contribution is -0.143. The SMILES string of the molecule is O=C(O)CC1CCN(C(=O)C=C2c3ccccc3N(C(=O)c3cnn(-c4ccccc4)c3C(F)(F)F)CCC2(F)F)CC1. The van der Waals surface area contributed by atoms with E-state index in [0.29, 0.717) is 17.5 Å². The first-order chi connectivity index (χ1) is 20.4. The number of likely N-dealkylation sites (tertiary alicyclic amines) is 1. The molecule has 2 aromatic carbocycles. The first-order valence-electron chi connectivity index (χ1n) is 13.6. The number of carboxylic acids is 1. The Morgan fingerprint density at radius 2 is 1.63 bits per heavy atom. The van der Waals surface area contributed by atoms with Crippen LogP contribution in [0.4, 0.5) is 27.6 Å². The van der Waals surface area contributed by atoms with E-state index in [1.807, 2.05) is 0 Å². The van der Waals surface area contributed by atoms with Gasteiger partial charge in [-0.15, -0.1) is 0 Å². The van der Waals surface area contributed by atoms with E-state index in [9.17, 15) is 27.6 Å². The molecule has 0 atom stereocenters. The summed E-state index contributed by atoms with van der Waals surface area (Å²) in [6.45, 7) is -0.225. The number of carbonyl (C=O) groups is 3. The molecule has 3 aromatic rings. The number of anilines is 1. The third-order valence-electron chi connectivity index (χ3n) is 7.70. The predicted molar refractivity (Wildman–Crippen MR) is 146 cm³/mol. The molecular weight excluding hydrogens is 575 g/mol. The van der Waals surface area contributed by atoms with Gasteiger partial charge in [-0.25, -0.2) is 13.5 Å². The third kappa shape index (κ3) is 6.15. The van der Waals surface area contributed by atoms with Gasteiger partial charge in [0.25, 0.3) is 11.8 Å². The van der Waals surface area contributed by atoms with Gasteiger partial charge in [-0.3, -0.25) is 14.4 Å². The molecular formula is C30H27F5N4O4. The van der Waals surface area contributed by atoms with Gasteiger partial charge in [0, 0.05) is 49.7 Å². The van der Waals surface area contributed by atoms with Gasteiger partial charge in [-0.2, -0.15) is 18.3 Å². The molecule has 5 rings (SSSR count). The second kappa shape index (κ2) is 11.6. The Bertz CT molecular complexity index is 1560. The summed E-state index contributed by atoms with van der Waals surface area (Å²) < 4.78 is 74.7. The molecule has 1 fully saturated rings. The zero-order chi connectivity index (χ0) is 30.9. The van der Waals surface area contributed by atoms with Gasteiger partial charge in [0.1, 0.15) is 0 Å². The van der Waals surface area contributed by atoms with E-state index in [0.717, 1.165) is 17.2 Å². The van der Waals surface area contributed by atoms with Crippen molar-refractivity contribution >= 4 is 29.0 Å². The van der Waals surface area contributed by atoms with E-state index in [1.54, 1.807) is 6.07 Å². The number of fused-ring (bicyclic) bond motifs is 1. The highest BCUT2D eigenvalue weighted by atomic mass is 19.4. The van der Waals surface area contributed by atoms with Crippen molar-refractivity contribution in [2.45, 2.75) is 37.8 Å². The van der Waals surface area contributed by atoms with Gasteiger partial charge in [-0.05, 0) is 37.0 Å². The Kier molecular flexibility index (Phi) is 8.08. The molecule has 8 nitrogen and oxygen atoms in total. The Morgan fingerprint density at radius 3 is 2.28 bits per heavy atom. The molecule has 13 heteroatoms.